The van der Waals surface area contributed by atoms with Crippen molar-refractivity contribution in [3.8, 4) is 0 Å². The van der Waals surface area contributed by atoms with Crippen LogP contribution in [0.3, 0.4) is 0 Å². The van der Waals surface area contributed by atoms with Crippen molar-refractivity contribution in [2.24, 2.45) is 0 Å². The Morgan fingerprint density at radius 2 is 1.57 bits per heavy atom. The van der Waals surface area contributed by atoms with Gasteiger partial charge in [-0.25, -0.2) is 18.8 Å². The van der Waals surface area contributed by atoms with Gasteiger partial charge in [-0.3, -0.25) is 4.57 Å². The monoisotopic (exact) mass is 520 g/mol. The van der Waals surface area contributed by atoms with Crippen molar-refractivity contribution >= 4 is 11.9 Å². The predicted molar refractivity (Wildman–Crippen MR) is 119 cm³/mol. The molecular weight excluding hydrogens is 500 g/mol. The minimum absolute atomic E-state index is 0.0667. The quantitative estimate of drug-likeness (QED) is 0.360. The smallest absolute Gasteiger partial charge is 0.424 e. The lowest BCUT2D eigenvalue weighted by Gasteiger charge is -2.34. The van der Waals surface area contributed by atoms with Crippen molar-refractivity contribution in [1.29, 1.82) is 0 Å². The highest BCUT2D eigenvalue weighted by atomic mass is 19.4. The molecule has 4 atom stereocenters. The summed E-state index contributed by atoms with van der Waals surface area (Å²) in [6, 6.07) is 15.4. The number of alkyl halides is 4. The number of hydrogen-bond acceptors (Lipinski definition) is 7. The number of halogens is 4. The Kier molecular flexibility index (Phi) is 7.12. The maximum Gasteiger partial charge on any atom is 0.424 e. The second-order valence-corrected chi connectivity index (χ2v) is 8.23. The van der Waals surface area contributed by atoms with Crippen molar-refractivity contribution in [1.82, 2.24) is 9.55 Å². The SMILES string of the molecule is Cc1ccn([C@@H]2O[C@@](COC(=O)c3ccccc3)(C(F)(F)F)[C@@H](OC(=O)c3ccccc3)[C@H]2F)c(=O)n1. The summed E-state index contributed by atoms with van der Waals surface area (Å²) < 4.78 is 75.2. The third-order valence-electron chi connectivity index (χ3n) is 5.75. The van der Waals surface area contributed by atoms with Crippen molar-refractivity contribution in [3.63, 3.8) is 0 Å². The van der Waals surface area contributed by atoms with Crippen LogP contribution < -0.4 is 5.69 Å². The van der Waals surface area contributed by atoms with E-state index >= 15 is 4.39 Å². The van der Waals surface area contributed by atoms with Crippen LogP contribution in [0, 0.1) is 6.92 Å². The lowest BCUT2D eigenvalue weighted by atomic mass is 9.95. The molecule has 194 valence electrons. The second-order valence-electron chi connectivity index (χ2n) is 8.23. The number of nitrogens with zero attached hydrogens (tertiary/aromatic N) is 2. The highest BCUT2D eigenvalue weighted by molar-refractivity contribution is 5.90. The first-order valence-corrected chi connectivity index (χ1v) is 11.0. The van der Waals surface area contributed by atoms with Crippen LogP contribution in [0.2, 0.25) is 0 Å². The third-order valence-corrected chi connectivity index (χ3v) is 5.75. The van der Waals surface area contributed by atoms with Crippen molar-refractivity contribution < 1.29 is 41.4 Å². The lowest BCUT2D eigenvalue weighted by molar-refractivity contribution is -0.305. The van der Waals surface area contributed by atoms with Crippen LogP contribution in [-0.4, -0.2) is 52.1 Å². The first-order chi connectivity index (χ1) is 17.5. The van der Waals surface area contributed by atoms with Crippen LogP contribution in [-0.2, 0) is 14.2 Å². The van der Waals surface area contributed by atoms with Gasteiger partial charge in [0.25, 0.3) is 0 Å². The van der Waals surface area contributed by atoms with E-state index in [0.717, 1.165) is 6.20 Å². The van der Waals surface area contributed by atoms with Gasteiger partial charge in [0.05, 0.1) is 11.1 Å². The van der Waals surface area contributed by atoms with Crippen LogP contribution >= 0.6 is 0 Å². The molecule has 0 saturated carbocycles. The number of benzene rings is 2. The molecule has 0 bridgehead atoms. The summed E-state index contributed by atoms with van der Waals surface area (Å²) in [6.45, 7) is -0.0937. The molecule has 2 heterocycles. The summed E-state index contributed by atoms with van der Waals surface area (Å²) in [5.41, 5.74) is -4.70. The zero-order valence-corrected chi connectivity index (χ0v) is 19.2. The van der Waals surface area contributed by atoms with E-state index in [1.807, 2.05) is 0 Å². The molecule has 1 aliphatic rings. The molecule has 0 N–H and O–H groups in total. The molecule has 4 rings (SSSR count). The van der Waals surface area contributed by atoms with Gasteiger partial charge < -0.3 is 14.2 Å². The zero-order chi connectivity index (χ0) is 26.8. The Hall–Kier alpha value is -4.06. The van der Waals surface area contributed by atoms with Gasteiger partial charge in [0, 0.05) is 11.9 Å². The van der Waals surface area contributed by atoms with E-state index in [9.17, 15) is 27.6 Å². The van der Waals surface area contributed by atoms with Crippen LogP contribution in [0.4, 0.5) is 17.6 Å². The average Bonchev–Trinajstić information content (AvgIpc) is 3.16. The number of hydrogen-bond donors (Lipinski definition) is 0. The Morgan fingerprint density at radius 3 is 2.11 bits per heavy atom. The molecule has 2 aromatic carbocycles. The normalized spacial score (nSPS) is 23.4. The highest BCUT2D eigenvalue weighted by Crippen LogP contribution is 2.49. The summed E-state index contributed by atoms with van der Waals surface area (Å²) in [5.74, 6) is -2.41. The van der Waals surface area contributed by atoms with Crippen LogP contribution in [0.1, 0.15) is 32.6 Å². The van der Waals surface area contributed by atoms with E-state index < -0.39 is 54.5 Å². The van der Waals surface area contributed by atoms with Gasteiger partial charge >= 0.3 is 23.8 Å². The molecule has 37 heavy (non-hydrogen) atoms. The molecule has 0 spiro atoms. The van der Waals surface area contributed by atoms with Crippen LogP contribution in [0.25, 0.3) is 0 Å². The number of rotatable bonds is 6. The van der Waals surface area contributed by atoms with Crippen molar-refractivity contribution in [2.45, 2.75) is 37.2 Å². The lowest BCUT2D eigenvalue weighted by Crippen LogP contribution is -2.59. The highest BCUT2D eigenvalue weighted by Gasteiger charge is 2.72. The molecule has 0 amide bonds. The van der Waals surface area contributed by atoms with E-state index in [0.29, 0.717) is 4.57 Å². The third kappa shape index (κ3) is 5.10. The van der Waals surface area contributed by atoms with E-state index in [2.05, 4.69) is 4.98 Å². The summed E-state index contributed by atoms with van der Waals surface area (Å²) in [6.07, 6.45) is -11.9. The van der Waals surface area contributed by atoms with Crippen molar-refractivity contribution in [3.05, 3.63) is 100 Å². The van der Waals surface area contributed by atoms with Gasteiger partial charge in [-0.05, 0) is 37.3 Å². The molecule has 3 aromatic rings. The molecule has 8 nitrogen and oxygen atoms in total. The second kappa shape index (κ2) is 10.1. The maximum atomic E-state index is 15.7. The summed E-state index contributed by atoms with van der Waals surface area (Å²) in [7, 11) is 0. The first kappa shape index (κ1) is 26.0. The minimum atomic E-state index is -5.41. The molecule has 0 unspecified atom stereocenters. The zero-order valence-electron chi connectivity index (χ0n) is 19.2. The number of aryl methyl sites for hydroxylation is 1. The molecule has 1 aliphatic heterocycles. The van der Waals surface area contributed by atoms with Crippen LogP contribution in [0.5, 0.6) is 0 Å². The molecule has 0 aliphatic carbocycles. The minimum Gasteiger partial charge on any atom is -0.458 e. The van der Waals surface area contributed by atoms with E-state index in [1.54, 1.807) is 12.1 Å². The summed E-state index contributed by atoms with van der Waals surface area (Å²) >= 11 is 0. The first-order valence-electron chi connectivity index (χ1n) is 11.0. The summed E-state index contributed by atoms with van der Waals surface area (Å²) in [5, 5.41) is 0. The number of carbonyl (C=O) groups excluding carboxylic acids is 2. The van der Waals surface area contributed by atoms with Gasteiger partial charge in [0.2, 0.25) is 5.60 Å². The Balaban J connectivity index is 1.74. The molecule has 1 aromatic heterocycles. The van der Waals surface area contributed by atoms with Gasteiger partial charge in [-0.1, -0.05) is 36.4 Å². The number of esters is 2. The fourth-order valence-electron chi connectivity index (χ4n) is 3.83. The predicted octanol–water partition coefficient (Wildman–Crippen LogP) is 3.80. The number of carbonyl (C=O) groups is 2. The molecular formula is C25H20F4N2O6. The Bertz CT molecular complexity index is 1330. The molecule has 1 saturated heterocycles. The topological polar surface area (TPSA) is 96.7 Å². The fraction of sp³-hybridized carbons (Fsp3) is 0.280. The van der Waals surface area contributed by atoms with E-state index in [4.69, 9.17) is 14.2 Å². The molecule has 0 radical (unpaired) electrons. The van der Waals surface area contributed by atoms with Gasteiger partial charge in [-0.15, -0.1) is 0 Å². The Morgan fingerprint density at radius 1 is 1.00 bits per heavy atom. The van der Waals surface area contributed by atoms with E-state index in [1.165, 1.54) is 61.5 Å². The molecule has 1 fully saturated rings. The number of ether oxygens (including phenoxy) is 3. The largest absolute Gasteiger partial charge is 0.458 e. The van der Waals surface area contributed by atoms with E-state index in [-0.39, 0.29) is 16.8 Å². The summed E-state index contributed by atoms with van der Waals surface area (Å²) in [4.78, 5) is 41.1. The van der Waals surface area contributed by atoms with Crippen LogP contribution in [0.15, 0.2) is 77.7 Å². The van der Waals surface area contributed by atoms with Gasteiger partial charge in [-0.2, -0.15) is 18.2 Å². The molecule has 12 heteroatoms. The van der Waals surface area contributed by atoms with Gasteiger partial charge in [0.1, 0.15) is 6.61 Å². The Labute approximate surface area is 207 Å². The average molecular weight is 520 g/mol. The van der Waals surface area contributed by atoms with Gasteiger partial charge in [0.15, 0.2) is 18.5 Å². The fourth-order valence-corrected chi connectivity index (χ4v) is 3.83. The van der Waals surface area contributed by atoms with Crippen molar-refractivity contribution in [2.75, 3.05) is 6.61 Å². The standard InChI is InChI=1S/C25H20F4N2O6/c1-15-12-13-31(23(34)30-15)20-18(26)19(36-22(33)17-10-6-3-7-11-17)24(37-20,25(27,28)29)14-35-21(32)16-8-4-2-5-9-16/h2-13,18-20H,14H2,1H3/t18-,19+,20-,24-/m1/s1. The number of aromatic nitrogens is 2. The maximum absolute atomic E-state index is 15.7.